The van der Waals surface area contributed by atoms with Crippen molar-refractivity contribution in [3.63, 3.8) is 0 Å². The molecule has 4 heteroatoms. The van der Waals surface area contributed by atoms with Crippen LogP contribution in [0, 0.1) is 11.3 Å². The Bertz CT molecular complexity index is 267. The zero-order valence-corrected chi connectivity index (χ0v) is 9.23. The number of halogens is 3. The van der Waals surface area contributed by atoms with Crippen LogP contribution in [-0.4, -0.2) is 11.9 Å². The molecule has 0 N–H and O–H groups in total. The fourth-order valence-corrected chi connectivity index (χ4v) is 1.68. The van der Waals surface area contributed by atoms with E-state index in [1.807, 2.05) is 0 Å². The van der Waals surface area contributed by atoms with E-state index in [1.54, 1.807) is 33.0 Å². The van der Waals surface area contributed by atoms with Crippen LogP contribution >= 0.6 is 0 Å². The third-order valence-electron chi connectivity index (χ3n) is 2.60. The van der Waals surface area contributed by atoms with E-state index in [9.17, 15) is 13.2 Å². The first kappa shape index (κ1) is 12.3. The van der Waals surface area contributed by atoms with Crippen LogP contribution in [0.4, 0.5) is 13.2 Å². The Labute approximate surface area is 88.1 Å². The van der Waals surface area contributed by atoms with Gasteiger partial charge in [0.25, 0.3) is 0 Å². The van der Waals surface area contributed by atoms with Crippen LogP contribution in [0.3, 0.4) is 0 Å². The van der Waals surface area contributed by atoms with Crippen LogP contribution in [-0.2, 0) is 0 Å². The van der Waals surface area contributed by atoms with Gasteiger partial charge in [0.15, 0.2) is 0 Å². The molecular weight excluding hydrogens is 203 g/mol. The van der Waals surface area contributed by atoms with Crippen molar-refractivity contribution in [1.82, 2.24) is 0 Å². The SMILES string of the molecule is CC(C)(C)C(CC1=NC=CC1)C(F)(F)F. The van der Waals surface area contributed by atoms with Crippen molar-refractivity contribution in [2.75, 3.05) is 0 Å². The van der Waals surface area contributed by atoms with Gasteiger partial charge in [-0.3, -0.25) is 4.99 Å². The molecule has 0 aromatic rings. The third-order valence-corrected chi connectivity index (χ3v) is 2.60. The van der Waals surface area contributed by atoms with Gasteiger partial charge in [0.05, 0.1) is 5.92 Å². The normalized spacial score (nSPS) is 19.2. The summed E-state index contributed by atoms with van der Waals surface area (Å²) in [6.45, 7) is 4.86. The molecule has 0 amide bonds. The van der Waals surface area contributed by atoms with Gasteiger partial charge < -0.3 is 0 Å². The Kier molecular flexibility index (Phi) is 3.26. The Balaban J connectivity index is 2.75. The van der Waals surface area contributed by atoms with Crippen LogP contribution in [0.15, 0.2) is 17.3 Å². The van der Waals surface area contributed by atoms with Gasteiger partial charge in [-0.15, -0.1) is 0 Å². The lowest BCUT2D eigenvalue weighted by Gasteiger charge is -2.32. The predicted octanol–water partition coefficient (Wildman–Crippen LogP) is 3.96. The molecule has 86 valence electrons. The quantitative estimate of drug-likeness (QED) is 0.666. The molecule has 0 aromatic carbocycles. The van der Waals surface area contributed by atoms with Crippen molar-refractivity contribution in [2.45, 2.75) is 39.8 Å². The first-order chi connectivity index (χ1) is 6.71. The summed E-state index contributed by atoms with van der Waals surface area (Å²) in [6.07, 6.45) is -0.219. The van der Waals surface area contributed by atoms with E-state index < -0.39 is 17.5 Å². The molecule has 1 nitrogen and oxygen atoms in total. The number of allylic oxidation sites excluding steroid dienone is 1. The molecule has 0 bridgehead atoms. The lowest BCUT2D eigenvalue weighted by molar-refractivity contribution is -0.197. The van der Waals surface area contributed by atoms with Crippen LogP contribution in [0.25, 0.3) is 0 Å². The van der Waals surface area contributed by atoms with Crippen LogP contribution in [0.2, 0.25) is 0 Å². The van der Waals surface area contributed by atoms with Crippen molar-refractivity contribution in [3.8, 4) is 0 Å². The molecule has 0 spiro atoms. The van der Waals surface area contributed by atoms with E-state index in [0.717, 1.165) is 0 Å². The Morgan fingerprint density at radius 3 is 2.27 bits per heavy atom. The highest BCUT2D eigenvalue weighted by Crippen LogP contribution is 2.42. The zero-order chi connectivity index (χ0) is 11.7. The molecule has 1 atom stereocenters. The van der Waals surface area contributed by atoms with Gasteiger partial charge in [0.1, 0.15) is 0 Å². The molecule has 0 saturated heterocycles. The minimum absolute atomic E-state index is 0.0139. The van der Waals surface area contributed by atoms with Gasteiger partial charge in [-0.1, -0.05) is 26.8 Å². The molecule has 1 aliphatic heterocycles. The monoisotopic (exact) mass is 219 g/mol. The first-order valence-corrected chi connectivity index (χ1v) is 4.98. The van der Waals surface area contributed by atoms with E-state index in [2.05, 4.69) is 4.99 Å². The number of hydrogen-bond donors (Lipinski definition) is 0. The molecule has 1 aliphatic rings. The Morgan fingerprint density at radius 1 is 1.33 bits per heavy atom. The highest BCUT2D eigenvalue weighted by molar-refractivity contribution is 5.88. The lowest BCUT2D eigenvalue weighted by atomic mass is 9.77. The van der Waals surface area contributed by atoms with Gasteiger partial charge in [-0.2, -0.15) is 13.2 Å². The maximum atomic E-state index is 12.8. The maximum absolute atomic E-state index is 12.8. The largest absolute Gasteiger partial charge is 0.392 e. The average molecular weight is 219 g/mol. The summed E-state index contributed by atoms with van der Waals surface area (Å²) in [4.78, 5) is 3.94. The second kappa shape index (κ2) is 3.99. The maximum Gasteiger partial charge on any atom is 0.392 e. The summed E-state index contributed by atoms with van der Waals surface area (Å²) in [5, 5.41) is 0. The average Bonchev–Trinajstić information content (AvgIpc) is 2.46. The van der Waals surface area contributed by atoms with Gasteiger partial charge in [-0.25, -0.2) is 0 Å². The fourth-order valence-electron chi connectivity index (χ4n) is 1.68. The molecule has 15 heavy (non-hydrogen) atoms. The van der Waals surface area contributed by atoms with Crippen molar-refractivity contribution in [2.24, 2.45) is 16.3 Å². The van der Waals surface area contributed by atoms with Gasteiger partial charge >= 0.3 is 6.18 Å². The zero-order valence-electron chi connectivity index (χ0n) is 9.23. The molecule has 1 heterocycles. The molecular formula is C11H16F3N. The standard InChI is InChI=1S/C11H16F3N/c1-10(2,3)9(11(12,13)14)7-8-5-4-6-15-8/h4,6,9H,5,7H2,1-3H3. The summed E-state index contributed by atoms with van der Waals surface area (Å²) < 4.78 is 38.4. The summed E-state index contributed by atoms with van der Waals surface area (Å²) in [7, 11) is 0. The lowest BCUT2D eigenvalue weighted by Crippen LogP contribution is -2.36. The van der Waals surface area contributed by atoms with Gasteiger partial charge in [0, 0.05) is 18.3 Å². The van der Waals surface area contributed by atoms with Crippen molar-refractivity contribution in [1.29, 1.82) is 0 Å². The molecule has 1 rings (SSSR count). The first-order valence-electron chi connectivity index (χ1n) is 4.98. The van der Waals surface area contributed by atoms with E-state index in [0.29, 0.717) is 12.1 Å². The molecule has 0 saturated carbocycles. The van der Waals surface area contributed by atoms with Crippen LogP contribution < -0.4 is 0 Å². The van der Waals surface area contributed by atoms with E-state index in [4.69, 9.17) is 0 Å². The van der Waals surface area contributed by atoms with E-state index >= 15 is 0 Å². The minimum Gasteiger partial charge on any atom is -0.266 e. The van der Waals surface area contributed by atoms with E-state index in [-0.39, 0.29) is 6.42 Å². The molecule has 0 aliphatic carbocycles. The molecule has 0 fully saturated rings. The minimum atomic E-state index is -4.15. The summed E-state index contributed by atoms with van der Waals surface area (Å²) in [5.74, 6) is -1.32. The predicted molar refractivity (Wildman–Crippen MR) is 54.8 cm³/mol. The highest BCUT2D eigenvalue weighted by Gasteiger charge is 2.46. The fraction of sp³-hybridized carbons (Fsp3) is 0.727. The topological polar surface area (TPSA) is 12.4 Å². The second-order valence-electron chi connectivity index (χ2n) is 4.95. The second-order valence-corrected chi connectivity index (χ2v) is 4.95. The Morgan fingerprint density at radius 2 is 1.93 bits per heavy atom. The number of aliphatic imine (C=N–C) groups is 1. The smallest absolute Gasteiger partial charge is 0.266 e. The third kappa shape index (κ3) is 3.36. The van der Waals surface area contributed by atoms with Crippen LogP contribution in [0.5, 0.6) is 0 Å². The molecule has 0 radical (unpaired) electrons. The van der Waals surface area contributed by atoms with Crippen molar-refractivity contribution >= 4 is 5.71 Å². The van der Waals surface area contributed by atoms with Gasteiger partial charge in [0.2, 0.25) is 0 Å². The number of rotatable bonds is 2. The highest BCUT2D eigenvalue weighted by atomic mass is 19.4. The summed E-state index contributed by atoms with van der Waals surface area (Å²) in [6, 6.07) is 0. The summed E-state index contributed by atoms with van der Waals surface area (Å²) in [5.41, 5.74) is -0.143. The van der Waals surface area contributed by atoms with Crippen molar-refractivity contribution < 1.29 is 13.2 Å². The Hall–Kier alpha value is -0.800. The van der Waals surface area contributed by atoms with Gasteiger partial charge in [-0.05, 0) is 11.8 Å². The van der Waals surface area contributed by atoms with Crippen molar-refractivity contribution in [3.05, 3.63) is 12.3 Å². The molecule has 1 unspecified atom stereocenters. The number of alkyl halides is 3. The number of nitrogens with zero attached hydrogens (tertiary/aromatic N) is 1. The van der Waals surface area contributed by atoms with E-state index in [1.165, 1.54) is 0 Å². The number of hydrogen-bond acceptors (Lipinski definition) is 1. The molecule has 0 aromatic heterocycles. The summed E-state index contributed by atoms with van der Waals surface area (Å²) >= 11 is 0. The van der Waals surface area contributed by atoms with Crippen LogP contribution in [0.1, 0.15) is 33.6 Å².